The zero-order valence-electron chi connectivity index (χ0n) is 7.90. The molecule has 0 bridgehead atoms. The van der Waals surface area contributed by atoms with Gasteiger partial charge >= 0.3 is 0 Å². The third-order valence-corrected chi connectivity index (χ3v) is 2.40. The highest BCUT2D eigenvalue weighted by atomic mass is 16.3. The first-order valence-corrected chi connectivity index (χ1v) is 4.72. The minimum Gasteiger partial charge on any atom is -0.507 e. The lowest BCUT2D eigenvalue weighted by atomic mass is 10.0. The predicted molar refractivity (Wildman–Crippen MR) is 58.4 cm³/mol. The summed E-state index contributed by atoms with van der Waals surface area (Å²) in [6, 6.07) is 11.5. The number of hydrogen-bond acceptors (Lipinski definition) is 2. The SMILES string of the molecule is NCCc1cccc2c(O)cccc12. The van der Waals surface area contributed by atoms with Gasteiger partial charge in [0.15, 0.2) is 0 Å². The van der Waals surface area contributed by atoms with Crippen molar-refractivity contribution in [2.75, 3.05) is 6.54 Å². The van der Waals surface area contributed by atoms with E-state index in [9.17, 15) is 5.11 Å². The molecule has 0 spiro atoms. The Balaban J connectivity index is 2.68. The summed E-state index contributed by atoms with van der Waals surface area (Å²) in [5, 5.41) is 11.6. The largest absolute Gasteiger partial charge is 0.507 e. The highest BCUT2D eigenvalue weighted by Crippen LogP contribution is 2.26. The zero-order chi connectivity index (χ0) is 9.97. The molecule has 2 nitrogen and oxygen atoms in total. The second kappa shape index (κ2) is 3.68. The van der Waals surface area contributed by atoms with Gasteiger partial charge in [0.2, 0.25) is 0 Å². The Labute approximate surface area is 83.0 Å². The van der Waals surface area contributed by atoms with Crippen LogP contribution in [0.3, 0.4) is 0 Å². The third kappa shape index (κ3) is 1.44. The van der Waals surface area contributed by atoms with Gasteiger partial charge in [0.25, 0.3) is 0 Å². The van der Waals surface area contributed by atoms with Crippen LogP contribution in [0.2, 0.25) is 0 Å². The fourth-order valence-electron chi connectivity index (χ4n) is 1.73. The molecule has 0 aromatic heterocycles. The van der Waals surface area contributed by atoms with Crippen molar-refractivity contribution in [2.24, 2.45) is 5.73 Å². The average Bonchev–Trinajstić information content (AvgIpc) is 2.20. The average molecular weight is 187 g/mol. The molecule has 0 unspecified atom stereocenters. The van der Waals surface area contributed by atoms with Gasteiger partial charge in [0, 0.05) is 5.39 Å². The lowest BCUT2D eigenvalue weighted by Crippen LogP contribution is -2.02. The van der Waals surface area contributed by atoms with Crippen LogP contribution in [0.25, 0.3) is 10.8 Å². The summed E-state index contributed by atoms with van der Waals surface area (Å²) >= 11 is 0. The molecule has 14 heavy (non-hydrogen) atoms. The molecule has 2 heteroatoms. The molecule has 2 aromatic rings. The predicted octanol–water partition coefficient (Wildman–Crippen LogP) is 2.05. The minimum absolute atomic E-state index is 0.335. The molecule has 0 aliphatic heterocycles. The van der Waals surface area contributed by atoms with Gasteiger partial charge in [-0.25, -0.2) is 0 Å². The van der Waals surface area contributed by atoms with Crippen molar-refractivity contribution < 1.29 is 5.11 Å². The molecule has 3 N–H and O–H groups in total. The number of phenols is 1. The summed E-state index contributed by atoms with van der Waals surface area (Å²) in [6.45, 7) is 0.634. The highest BCUT2D eigenvalue weighted by Gasteiger charge is 2.02. The van der Waals surface area contributed by atoms with Crippen LogP contribution < -0.4 is 5.73 Å². The zero-order valence-corrected chi connectivity index (χ0v) is 7.90. The Morgan fingerprint density at radius 3 is 2.50 bits per heavy atom. The van der Waals surface area contributed by atoms with E-state index < -0.39 is 0 Å². The maximum atomic E-state index is 9.63. The Kier molecular flexibility index (Phi) is 2.37. The van der Waals surface area contributed by atoms with Crippen LogP contribution in [0.4, 0.5) is 0 Å². The Morgan fingerprint density at radius 1 is 1.00 bits per heavy atom. The van der Waals surface area contributed by atoms with Crippen LogP contribution in [0.5, 0.6) is 5.75 Å². The molecular weight excluding hydrogens is 174 g/mol. The highest BCUT2D eigenvalue weighted by molar-refractivity contribution is 5.90. The molecule has 0 atom stereocenters. The van der Waals surface area contributed by atoms with E-state index in [2.05, 4.69) is 6.07 Å². The lowest BCUT2D eigenvalue weighted by Gasteiger charge is -2.06. The first kappa shape index (κ1) is 9.03. The van der Waals surface area contributed by atoms with Gasteiger partial charge < -0.3 is 10.8 Å². The Hall–Kier alpha value is -1.54. The van der Waals surface area contributed by atoms with E-state index in [0.29, 0.717) is 12.3 Å². The number of fused-ring (bicyclic) bond motifs is 1. The van der Waals surface area contributed by atoms with Gasteiger partial charge in [0.1, 0.15) is 5.75 Å². The van der Waals surface area contributed by atoms with Crippen molar-refractivity contribution in [3.8, 4) is 5.75 Å². The maximum Gasteiger partial charge on any atom is 0.123 e. The summed E-state index contributed by atoms with van der Waals surface area (Å²) in [4.78, 5) is 0. The van der Waals surface area contributed by atoms with Gasteiger partial charge in [-0.2, -0.15) is 0 Å². The molecule has 72 valence electrons. The number of nitrogens with two attached hydrogens (primary N) is 1. The fraction of sp³-hybridized carbons (Fsp3) is 0.167. The molecule has 0 heterocycles. The van der Waals surface area contributed by atoms with E-state index in [4.69, 9.17) is 5.73 Å². The van der Waals surface area contributed by atoms with E-state index in [1.165, 1.54) is 5.56 Å². The molecule has 2 aromatic carbocycles. The van der Waals surface area contributed by atoms with Crippen molar-refractivity contribution >= 4 is 10.8 Å². The van der Waals surface area contributed by atoms with Gasteiger partial charge in [-0.1, -0.05) is 30.3 Å². The molecule has 0 aliphatic carbocycles. The Morgan fingerprint density at radius 2 is 1.71 bits per heavy atom. The van der Waals surface area contributed by atoms with Crippen molar-refractivity contribution in [2.45, 2.75) is 6.42 Å². The van der Waals surface area contributed by atoms with Gasteiger partial charge in [0.05, 0.1) is 0 Å². The quantitative estimate of drug-likeness (QED) is 0.755. The molecular formula is C12H13NO. The van der Waals surface area contributed by atoms with Crippen LogP contribution >= 0.6 is 0 Å². The maximum absolute atomic E-state index is 9.63. The second-order valence-corrected chi connectivity index (χ2v) is 3.33. The number of phenolic OH excluding ortho intramolecular Hbond substituents is 1. The van der Waals surface area contributed by atoms with Crippen LogP contribution in [0.1, 0.15) is 5.56 Å². The van der Waals surface area contributed by atoms with E-state index in [-0.39, 0.29) is 0 Å². The van der Waals surface area contributed by atoms with E-state index >= 15 is 0 Å². The molecule has 0 saturated heterocycles. The fourth-order valence-corrected chi connectivity index (χ4v) is 1.73. The summed E-state index contributed by atoms with van der Waals surface area (Å²) in [5.41, 5.74) is 6.72. The monoisotopic (exact) mass is 187 g/mol. The van der Waals surface area contributed by atoms with E-state index in [1.807, 2.05) is 24.3 Å². The number of hydrogen-bond donors (Lipinski definition) is 2. The minimum atomic E-state index is 0.335. The van der Waals surface area contributed by atoms with E-state index in [0.717, 1.165) is 17.2 Å². The summed E-state index contributed by atoms with van der Waals surface area (Å²) in [5.74, 6) is 0.335. The van der Waals surface area contributed by atoms with Crippen molar-refractivity contribution in [3.05, 3.63) is 42.0 Å². The van der Waals surface area contributed by atoms with Gasteiger partial charge in [-0.15, -0.1) is 0 Å². The Bertz CT molecular complexity index is 451. The topological polar surface area (TPSA) is 46.2 Å². The van der Waals surface area contributed by atoms with Crippen LogP contribution in [-0.2, 0) is 6.42 Å². The van der Waals surface area contributed by atoms with Gasteiger partial charge in [-0.3, -0.25) is 0 Å². The number of rotatable bonds is 2. The third-order valence-electron chi connectivity index (χ3n) is 2.40. The van der Waals surface area contributed by atoms with Crippen LogP contribution in [-0.4, -0.2) is 11.7 Å². The molecule has 0 saturated carbocycles. The number of aromatic hydroxyl groups is 1. The summed E-state index contributed by atoms with van der Waals surface area (Å²) < 4.78 is 0. The molecule has 2 rings (SSSR count). The van der Waals surface area contributed by atoms with Gasteiger partial charge in [-0.05, 0) is 30.0 Å². The van der Waals surface area contributed by atoms with Crippen LogP contribution in [0.15, 0.2) is 36.4 Å². The molecule has 0 amide bonds. The van der Waals surface area contributed by atoms with E-state index in [1.54, 1.807) is 6.07 Å². The smallest absolute Gasteiger partial charge is 0.123 e. The lowest BCUT2D eigenvalue weighted by molar-refractivity contribution is 0.481. The van der Waals surface area contributed by atoms with Crippen molar-refractivity contribution in [1.29, 1.82) is 0 Å². The summed E-state index contributed by atoms with van der Waals surface area (Å²) in [6.07, 6.45) is 0.848. The standard InChI is InChI=1S/C12H13NO/c13-8-7-9-3-1-5-11-10(9)4-2-6-12(11)14/h1-6,14H,7-8,13H2. The summed E-state index contributed by atoms with van der Waals surface area (Å²) in [7, 11) is 0. The van der Waals surface area contributed by atoms with Crippen LogP contribution in [0, 0.1) is 0 Å². The van der Waals surface area contributed by atoms with Crippen molar-refractivity contribution in [3.63, 3.8) is 0 Å². The first-order chi connectivity index (χ1) is 6.83. The molecule has 0 radical (unpaired) electrons. The molecule has 0 fully saturated rings. The first-order valence-electron chi connectivity index (χ1n) is 4.72. The number of benzene rings is 2. The van der Waals surface area contributed by atoms with Crippen molar-refractivity contribution in [1.82, 2.24) is 0 Å². The second-order valence-electron chi connectivity index (χ2n) is 3.33. The normalized spacial score (nSPS) is 10.6. The molecule has 0 aliphatic rings.